The maximum Gasteiger partial charge on any atom is 0.122 e. The van der Waals surface area contributed by atoms with E-state index < -0.39 is 0 Å². The van der Waals surface area contributed by atoms with Gasteiger partial charge in [0.15, 0.2) is 0 Å². The number of aryl methyl sites for hydroxylation is 1. The number of fused-ring (bicyclic) bond motifs is 1. The lowest BCUT2D eigenvalue weighted by Gasteiger charge is -2.09. The van der Waals surface area contributed by atoms with Gasteiger partial charge in [-0.25, -0.2) is 0 Å². The maximum absolute atomic E-state index is 6.08. The Kier molecular flexibility index (Phi) is 1.99. The molecule has 0 spiro atoms. The summed E-state index contributed by atoms with van der Waals surface area (Å²) in [5, 5.41) is 0. The van der Waals surface area contributed by atoms with Gasteiger partial charge in [0.25, 0.3) is 0 Å². The molecule has 0 saturated heterocycles. The van der Waals surface area contributed by atoms with Crippen LogP contribution in [0.3, 0.4) is 0 Å². The molecule has 1 aromatic carbocycles. The molecule has 0 unspecified atom stereocenters. The second-order valence-electron chi connectivity index (χ2n) is 4.90. The van der Waals surface area contributed by atoms with Gasteiger partial charge in [-0.1, -0.05) is 12.1 Å². The Bertz CT molecular complexity index is 382. The topological polar surface area (TPSA) is 35.2 Å². The van der Waals surface area contributed by atoms with E-state index in [1.807, 2.05) is 0 Å². The lowest BCUT2D eigenvalue weighted by molar-refractivity contribution is 0.356. The summed E-state index contributed by atoms with van der Waals surface area (Å²) in [5.41, 5.74) is 8.96. The Morgan fingerprint density at radius 1 is 1.33 bits per heavy atom. The number of ether oxygens (including phenoxy) is 1. The Balaban J connectivity index is 1.70. The smallest absolute Gasteiger partial charge is 0.122 e. The van der Waals surface area contributed by atoms with Gasteiger partial charge in [0, 0.05) is 12.0 Å². The van der Waals surface area contributed by atoms with Crippen molar-refractivity contribution in [1.29, 1.82) is 0 Å². The van der Waals surface area contributed by atoms with Crippen molar-refractivity contribution in [2.75, 3.05) is 6.61 Å². The molecule has 2 aliphatic rings. The molecule has 0 amide bonds. The van der Waals surface area contributed by atoms with Crippen LogP contribution in [0.2, 0.25) is 0 Å². The van der Waals surface area contributed by atoms with Crippen molar-refractivity contribution >= 4 is 0 Å². The van der Waals surface area contributed by atoms with Crippen LogP contribution in [0.4, 0.5) is 0 Å². The standard InChI is InChI=1S/C13H17NO/c14-13(6-7-13)5-3-10-1-2-11-4-8-15-12(11)9-10/h1-2,9H,3-8,14H2. The zero-order valence-electron chi connectivity index (χ0n) is 8.96. The van der Waals surface area contributed by atoms with Crippen LogP contribution in [-0.4, -0.2) is 12.1 Å². The highest BCUT2D eigenvalue weighted by molar-refractivity contribution is 5.40. The van der Waals surface area contributed by atoms with Gasteiger partial charge in [-0.05, 0) is 42.9 Å². The summed E-state index contributed by atoms with van der Waals surface area (Å²) in [6.45, 7) is 0.847. The highest BCUT2D eigenvalue weighted by Gasteiger charge is 2.37. The second kappa shape index (κ2) is 3.24. The Hall–Kier alpha value is -1.02. The van der Waals surface area contributed by atoms with E-state index in [0.29, 0.717) is 0 Å². The Labute approximate surface area is 90.4 Å². The normalized spacial score (nSPS) is 20.9. The quantitative estimate of drug-likeness (QED) is 0.816. The van der Waals surface area contributed by atoms with E-state index in [-0.39, 0.29) is 5.54 Å². The summed E-state index contributed by atoms with van der Waals surface area (Å²) in [6, 6.07) is 6.61. The summed E-state index contributed by atoms with van der Waals surface area (Å²) in [5.74, 6) is 1.09. The van der Waals surface area contributed by atoms with Crippen molar-refractivity contribution in [3.8, 4) is 5.75 Å². The van der Waals surface area contributed by atoms with Crippen molar-refractivity contribution in [3.05, 3.63) is 29.3 Å². The third kappa shape index (κ3) is 1.86. The van der Waals surface area contributed by atoms with Gasteiger partial charge in [0.2, 0.25) is 0 Å². The molecule has 1 aromatic rings. The van der Waals surface area contributed by atoms with Crippen LogP contribution < -0.4 is 10.5 Å². The fourth-order valence-electron chi connectivity index (χ4n) is 2.17. The molecule has 1 aliphatic heterocycles. The van der Waals surface area contributed by atoms with E-state index in [9.17, 15) is 0 Å². The molecule has 2 N–H and O–H groups in total. The minimum atomic E-state index is 0.167. The maximum atomic E-state index is 6.08. The molecule has 0 aromatic heterocycles. The molecule has 0 bridgehead atoms. The third-order valence-electron chi connectivity index (χ3n) is 3.56. The van der Waals surface area contributed by atoms with Gasteiger partial charge in [0.1, 0.15) is 5.75 Å². The van der Waals surface area contributed by atoms with Crippen LogP contribution in [0.1, 0.15) is 30.4 Å². The first kappa shape index (κ1) is 9.22. The second-order valence-corrected chi connectivity index (χ2v) is 4.90. The SMILES string of the molecule is NC1(CCc2ccc3c(c2)OCC3)CC1. The minimum absolute atomic E-state index is 0.167. The number of rotatable bonds is 3. The van der Waals surface area contributed by atoms with Crippen molar-refractivity contribution in [2.45, 2.75) is 37.6 Å². The molecule has 1 saturated carbocycles. The van der Waals surface area contributed by atoms with Crippen molar-refractivity contribution < 1.29 is 4.74 Å². The largest absolute Gasteiger partial charge is 0.493 e. The molecule has 0 atom stereocenters. The average Bonchev–Trinajstić information content (AvgIpc) is 2.80. The van der Waals surface area contributed by atoms with E-state index >= 15 is 0 Å². The molecule has 3 rings (SSSR count). The van der Waals surface area contributed by atoms with E-state index in [1.54, 1.807) is 0 Å². The van der Waals surface area contributed by atoms with Gasteiger partial charge in [-0.2, -0.15) is 0 Å². The number of nitrogens with two attached hydrogens (primary N) is 1. The molecule has 2 nitrogen and oxygen atoms in total. The van der Waals surface area contributed by atoms with Crippen LogP contribution in [0, 0.1) is 0 Å². The monoisotopic (exact) mass is 203 g/mol. The van der Waals surface area contributed by atoms with E-state index in [0.717, 1.165) is 31.6 Å². The summed E-state index contributed by atoms with van der Waals surface area (Å²) >= 11 is 0. The van der Waals surface area contributed by atoms with Crippen LogP contribution >= 0.6 is 0 Å². The summed E-state index contributed by atoms with van der Waals surface area (Å²) in [6.07, 6.45) is 5.68. The zero-order valence-corrected chi connectivity index (χ0v) is 8.96. The van der Waals surface area contributed by atoms with Gasteiger partial charge in [0.05, 0.1) is 6.61 Å². The molecule has 15 heavy (non-hydrogen) atoms. The van der Waals surface area contributed by atoms with E-state index in [1.165, 1.54) is 24.0 Å². The lowest BCUT2D eigenvalue weighted by Crippen LogP contribution is -2.22. The number of hydrogen-bond donors (Lipinski definition) is 1. The molecule has 1 fully saturated rings. The highest BCUT2D eigenvalue weighted by atomic mass is 16.5. The minimum Gasteiger partial charge on any atom is -0.493 e. The Morgan fingerprint density at radius 3 is 3.00 bits per heavy atom. The molecule has 2 heteroatoms. The van der Waals surface area contributed by atoms with Crippen molar-refractivity contribution in [2.24, 2.45) is 5.73 Å². The molecule has 1 heterocycles. The van der Waals surface area contributed by atoms with Crippen molar-refractivity contribution in [3.63, 3.8) is 0 Å². The van der Waals surface area contributed by atoms with Crippen molar-refractivity contribution in [1.82, 2.24) is 0 Å². The summed E-state index contributed by atoms with van der Waals surface area (Å²) < 4.78 is 5.56. The van der Waals surface area contributed by atoms with Crippen LogP contribution in [0.25, 0.3) is 0 Å². The fourth-order valence-corrected chi connectivity index (χ4v) is 2.17. The lowest BCUT2D eigenvalue weighted by atomic mass is 10.0. The predicted octanol–water partition coefficient (Wildman–Crippen LogP) is 2.05. The fraction of sp³-hybridized carbons (Fsp3) is 0.538. The molecule has 1 aliphatic carbocycles. The van der Waals surface area contributed by atoms with Crippen LogP contribution in [-0.2, 0) is 12.8 Å². The number of hydrogen-bond acceptors (Lipinski definition) is 2. The molecular formula is C13H17NO. The zero-order chi connectivity index (χ0) is 10.3. The third-order valence-corrected chi connectivity index (χ3v) is 3.56. The van der Waals surface area contributed by atoms with Crippen LogP contribution in [0.15, 0.2) is 18.2 Å². The number of benzene rings is 1. The Morgan fingerprint density at radius 2 is 2.20 bits per heavy atom. The van der Waals surface area contributed by atoms with Crippen LogP contribution in [0.5, 0.6) is 5.75 Å². The average molecular weight is 203 g/mol. The molecular weight excluding hydrogens is 186 g/mol. The van der Waals surface area contributed by atoms with Gasteiger partial charge in [-0.3, -0.25) is 0 Å². The molecule has 0 radical (unpaired) electrons. The molecule has 80 valence electrons. The highest BCUT2D eigenvalue weighted by Crippen LogP contribution is 2.37. The van der Waals surface area contributed by atoms with Gasteiger partial charge in [-0.15, -0.1) is 0 Å². The van der Waals surface area contributed by atoms with Gasteiger partial charge < -0.3 is 10.5 Å². The first-order chi connectivity index (χ1) is 7.25. The summed E-state index contributed by atoms with van der Waals surface area (Å²) in [4.78, 5) is 0. The summed E-state index contributed by atoms with van der Waals surface area (Å²) in [7, 11) is 0. The first-order valence-electron chi connectivity index (χ1n) is 5.79. The first-order valence-corrected chi connectivity index (χ1v) is 5.79. The van der Waals surface area contributed by atoms with Gasteiger partial charge >= 0.3 is 0 Å². The van der Waals surface area contributed by atoms with E-state index in [4.69, 9.17) is 10.5 Å². The predicted molar refractivity (Wildman–Crippen MR) is 60.1 cm³/mol. The van der Waals surface area contributed by atoms with E-state index in [2.05, 4.69) is 18.2 Å².